The maximum Gasteiger partial charge on any atom is 0.195 e. The van der Waals surface area contributed by atoms with E-state index >= 15 is 0 Å². The molecule has 0 saturated carbocycles. The van der Waals surface area contributed by atoms with Crippen LogP contribution in [0.25, 0.3) is 20.2 Å². The number of aryl methyl sites for hydroxylation is 1. The summed E-state index contributed by atoms with van der Waals surface area (Å²) in [6, 6.07) is 11.5. The fraction of sp³-hybridized carbons (Fsp3) is 0.133. The van der Waals surface area contributed by atoms with Gasteiger partial charge in [0.25, 0.3) is 0 Å². The first-order chi connectivity index (χ1) is 8.70. The number of rotatable bonds is 1. The Morgan fingerprint density at radius 3 is 2.72 bits per heavy atom. The molecule has 0 bridgehead atoms. The summed E-state index contributed by atoms with van der Waals surface area (Å²) < 4.78 is 2.10. The van der Waals surface area contributed by atoms with Gasteiger partial charge in [-0.05, 0) is 36.2 Å². The maximum atomic E-state index is 12.5. The Hall–Kier alpha value is -1.38. The number of hydrogen-bond donors (Lipinski definition) is 0. The van der Waals surface area contributed by atoms with E-state index in [-0.39, 0.29) is 5.43 Å². The lowest BCUT2D eigenvalue weighted by molar-refractivity contribution is 1.16. The summed E-state index contributed by atoms with van der Waals surface area (Å²) in [4.78, 5) is 12.5. The molecule has 0 unspecified atom stereocenters. The molecule has 1 heterocycles. The molecule has 0 radical (unpaired) electrons. The van der Waals surface area contributed by atoms with Crippen LogP contribution in [0.15, 0.2) is 41.2 Å². The second kappa shape index (κ2) is 4.38. The first-order valence-corrected chi connectivity index (χ1v) is 7.04. The molecule has 3 heteroatoms. The normalized spacial score (nSPS) is 11.2. The Labute approximate surface area is 114 Å². The fourth-order valence-electron chi connectivity index (χ4n) is 2.20. The summed E-state index contributed by atoms with van der Waals surface area (Å²) in [5.74, 6) is 0. The van der Waals surface area contributed by atoms with E-state index in [9.17, 15) is 4.79 Å². The monoisotopic (exact) mass is 274 g/mol. The summed E-state index contributed by atoms with van der Waals surface area (Å²) in [5, 5.41) is 2.15. The summed E-state index contributed by atoms with van der Waals surface area (Å²) in [6.45, 7) is 2.08. The maximum absolute atomic E-state index is 12.5. The van der Waals surface area contributed by atoms with Gasteiger partial charge in [0.15, 0.2) is 5.43 Å². The molecule has 0 amide bonds. The van der Waals surface area contributed by atoms with Crippen molar-refractivity contribution in [3.63, 3.8) is 0 Å². The summed E-state index contributed by atoms with van der Waals surface area (Å²) in [6.07, 6.45) is 0.880. The van der Waals surface area contributed by atoms with Crippen molar-refractivity contribution in [2.75, 3.05) is 0 Å². The van der Waals surface area contributed by atoms with Crippen LogP contribution in [0, 0.1) is 0 Å². The van der Waals surface area contributed by atoms with Crippen molar-refractivity contribution in [3.8, 4) is 0 Å². The molecule has 1 aromatic heterocycles. The van der Waals surface area contributed by atoms with Crippen molar-refractivity contribution in [1.29, 1.82) is 0 Å². The Bertz CT molecular complexity index is 805. The van der Waals surface area contributed by atoms with Crippen molar-refractivity contribution >= 4 is 43.1 Å². The smallest absolute Gasteiger partial charge is 0.195 e. The van der Waals surface area contributed by atoms with Gasteiger partial charge in [-0.25, -0.2) is 0 Å². The summed E-state index contributed by atoms with van der Waals surface area (Å²) in [7, 11) is 0. The van der Waals surface area contributed by atoms with Crippen LogP contribution in [0.4, 0.5) is 0 Å². The molecule has 3 rings (SSSR count). The minimum absolute atomic E-state index is 0.0801. The second-order valence-electron chi connectivity index (χ2n) is 4.22. The van der Waals surface area contributed by atoms with Crippen LogP contribution in [0.3, 0.4) is 0 Å². The van der Waals surface area contributed by atoms with E-state index in [2.05, 4.69) is 6.92 Å². The van der Waals surface area contributed by atoms with Crippen molar-refractivity contribution < 1.29 is 0 Å². The van der Waals surface area contributed by atoms with Gasteiger partial charge in [-0.3, -0.25) is 4.79 Å². The number of benzene rings is 2. The van der Waals surface area contributed by atoms with Crippen LogP contribution in [0.5, 0.6) is 0 Å². The van der Waals surface area contributed by atoms with Gasteiger partial charge in [-0.2, -0.15) is 0 Å². The summed E-state index contributed by atoms with van der Waals surface area (Å²) in [5.41, 5.74) is 1.22. The highest BCUT2D eigenvalue weighted by atomic mass is 35.5. The molecular formula is C15H11ClOS. The van der Waals surface area contributed by atoms with E-state index < -0.39 is 0 Å². The van der Waals surface area contributed by atoms with E-state index in [1.165, 1.54) is 0 Å². The molecule has 0 aliphatic rings. The standard InChI is InChI=1S/C15H11ClOS/c1-2-9-7-10(16)8-12-14(17)11-5-3-4-6-13(11)18-15(9)12/h3-8H,2H2,1H3. The van der Waals surface area contributed by atoms with Crippen LogP contribution < -0.4 is 5.43 Å². The zero-order chi connectivity index (χ0) is 12.7. The van der Waals surface area contributed by atoms with Gasteiger partial charge in [-0.1, -0.05) is 30.7 Å². The molecule has 0 spiro atoms. The third kappa shape index (κ3) is 1.73. The molecule has 3 aromatic rings. The van der Waals surface area contributed by atoms with E-state index in [0.29, 0.717) is 5.02 Å². The van der Waals surface area contributed by atoms with Gasteiger partial charge in [0, 0.05) is 25.2 Å². The first kappa shape index (κ1) is 11.7. The Morgan fingerprint density at radius 1 is 1.17 bits per heavy atom. The number of fused-ring (bicyclic) bond motifs is 2. The molecule has 0 saturated heterocycles. The lowest BCUT2D eigenvalue weighted by atomic mass is 10.1. The number of hydrogen-bond acceptors (Lipinski definition) is 2. The molecule has 1 nitrogen and oxygen atoms in total. The molecule has 18 heavy (non-hydrogen) atoms. The van der Waals surface area contributed by atoms with Crippen LogP contribution in [0.1, 0.15) is 12.5 Å². The van der Waals surface area contributed by atoms with Crippen molar-refractivity contribution in [3.05, 3.63) is 57.2 Å². The van der Waals surface area contributed by atoms with Crippen molar-refractivity contribution in [1.82, 2.24) is 0 Å². The van der Waals surface area contributed by atoms with Gasteiger partial charge >= 0.3 is 0 Å². The molecule has 0 atom stereocenters. The highest BCUT2D eigenvalue weighted by Gasteiger charge is 2.09. The third-order valence-electron chi connectivity index (χ3n) is 3.10. The predicted octanol–water partition coefficient (Wildman–Crippen LogP) is 4.63. The fourth-order valence-corrected chi connectivity index (χ4v) is 3.67. The molecule has 2 aromatic carbocycles. The van der Waals surface area contributed by atoms with Crippen LogP contribution in [-0.2, 0) is 6.42 Å². The highest BCUT2D eigenvalue weighted by molar-refractivity contribution is 7.24. The Balaban J connectivity index is 2.59. The SMILES string of the molecule is CCc1cc(Cl)cc2c(=O)c3ccccc3sc12. The minimum Gasteiger partial charge on any atom is -0.289 e. The van der Waals surface area contributed by atoms with Crippen molar-refractivity contribution in [2.24, 2.45) is 0 Å². The van der Waals surface area contributed by atoms with E-state index in [1.54, 1.807) is 17.4 Å². The van der Waals surface area contributed by atoms with Crippen molar-refractivity contribution in [2.45, 2.75) is 13.3 Å². The average Bonchev–Trinajstić information content (AvgIpc) is 2.39. The van der Waals surface area contributed by atoms with Gasteiger partial charge < -0.3 is 0 Å². The summed E-state index contributed by atoms with van der Waals surface area (Å²) >= 11 is 7.76. The molecule has 0 N–H and O–H groups in total. The topological polar surface area (TPSA) is 17.1 Å². The third-order valence-corrected chi connectivity index (χ3v) is 4.58. The lowest BCUT2D eigenvalue weighted by Gasteiger charge is -2.06. The minimum atomic E-state index is 0.0801. The Morgan fingerprint density at radius 2 is 1.94 bits per heavy atom. The van der Waals surface area contributed by atoms with Gasteiger partial charge in [-0.15, -0.1) is 11.3 Å². The van der Waals surface area contributed by atoms with Gasteiger partial charge in [0.05, 0.1) is 0 Å². The predicted molar refractivity (Wildman–Crippen MR) is 80.0 cm³/mol. The van der Waals surface area contributed by atoms with Gasteiger partial charge in [0.2, 0.25) is 0 Å². The highest BCUT2D eigenvalue weighted by Crippen LogP contribution is 2.30. The molecular weight excluding hydrogens is 264 g/mol. The van der Waals surface area contributed by atoms with Crippen LogP contribution >= 0.6 is 22.9 Å². The second-order valence-corrected chi connectivity index (χ2v) is 5.71. The van der Waals surface area contributed by atoms with E-state index in [4.69, 9.17) is 11.6 Å². The van der Waals surface area contributed by atoms with Gasteiger partial charge in [0.1, 0.15) is 0 Å². The van der Waals surface area contributed by atoms with E-state index in [0.717, 1.165) is 32.2 Å². The quantitative estimate of drug-likeness (QED) is 0.591. The number of halogens is 1. The molecule has 90 valence electrons. The Kier molecular flexibility index (Phi) is 2.84. The van der Waals surface area contributed by atoms with E-state index in [1.807, 2.05) is 30.3 Å². The zero-order valence-electron chi connectivity index (χ0n) is 9.87. The van der Waals surface area contributed by atoms with Crippen LogP contribution in [0.2, 0.25) is 5.02 Å². The molecule has 0 aliphatic heterocycles. The van der Waals surface area contributed by atoms with Crippen LogP contribution in [-0.4, -0.2) is 0 Å². The largest absolute Gasteiger partial charge is 0.289 e. The molecule has 0 aliphatic carbocycles. The first-order valence-electron chi connectivity index (χ1n) is 5.84. The molecule has 0 fully saturated rings. The lowest BCUT2D eigenvalue weighted by Crippen LogP contribution is -2.02. The zero-order valence-corrected chi connectivity index (χ0v) is 11.4. The average molecular weight is 275 g/mol.